The fraction of sp³-hybridized carbons (Fsp3) is 0.538. The maximum absolute atomic E-state index is 13.1. The van der Waals surface area contributed by atoms with Crippen LogP contribution in [0.25, 0.3) is 22.3 Å². The molecule has 3 aromatic rings. The number of aromatic nitrogens is 3. The molecule has 1 fully saturated rings. The summed E-state index contributed by atoms with van der Waals surface area (Å²) in [6.07, 6.45) is 5.67. The van der Waals surface area contributed by atoms with Crippen LogP contribution in [0.2, 0.25) is 0 Å². The Morgan fingerprint density at radius 2 is 2.21 bits per heavy atom. The number of aromatic amines is 2. The Morgan fingerprint density at radius 1 is 1.33 bits per heavy atom. The van der Waals surface area contributed by atoms with Gasteiger partial charge in [-0.3, -0.25) is 9.89 Å². The zero-order valence-electron chi connectivity index (χ0n) is 19.6. The lowest BCUT2D eigenvalue weighted by Gasteiger charge is -2.28. The number of aliphatic hydroxyl groups excluding tert-OH is 1. The zero-order chi connectivity index (χ0) is 23.0. The predicted molar refractivity (Wildman–Crippen MR) is 129 cm³/mol. The minimum atomic E-state index is -0.0727. The first-order chi connectivity index (χ1) is 15.9. The van der Waals surface area contributed by atoms with Crippen molar-refractivity contribution in [3.05, 3.63) is 35.5 Å². The van der Waals surface area contributed by atoms with E-state index in [1.54, 1.807) is 4.90 Å². The van der Waals surface area contributed by atoms with Crippen LogP contribution in [-0.2, 0) is 22.4 Å². The van der Waals surface area contributed by atoms with Crippen molar-refractivity contribution in [2.45, 2.75) is 52.4 Å². The zero-order valence-corrected chi connectivity index (χ0v) is 19.6. The molecule has 1 unspecified atom stereocenters. The predicted octanol–water partition coefficient (Wildman–Crippen LogP) is 4.21. The number of amides is 1. The van der Waals surface area contributed by atoms with Crippen LogP contribution in [0.3, 0.4) is 0 Å². The summed E-state index contributed by atoms with van der Waals surface area (Å²) in [5.41, 5.74) is 6.63. The van der Waals surface area contributed by atoms with Crippen molar-refractivity contribution in [3.63, 3.8) is 0 Å². The summed E-state index contributed by atoms with van der Waals surface area (Å²) in [5.74, 6) is 0.291. The molecule has 2 aliphatic rings. The van der Waals surface area contributed by atoms with Crippen molar-refractivity contribution in [2.24, 2.45) is 11.3 Å². The van der Waals surface area contributed by atoms with Crippen LogP contribution in [-0.4, -0.2) is 52.6 Å². The van der Waals surface area contributed by atoms with E-state index in [4.69, 9.17) is 4.74 Å². The molecule has 3 N–H and O–H groups in total. The quantitative estimate of drug-likeness (QED) is 0.524. The second kappa shape index (κ2) is 8.95. The van der Waals surface area contributed by atoms with E-state index in [9.17, 15) is 9.90 Å². The SMILES string of the molecule is CC1(C)CCc2c(-c3cc4ccc(N(CCO)C(=O)CC5CCCOC5)cc4[nH]3)n[nH]c2C1. The Hall–Kier alpha value is -2.64. The number of carbonyl (C=O) groups excluding carboxylic acids is 1. The molecule has 0 bridgehead atoms. The lowest BCUT2D eigenvalue weighted by molar-refractivity contribution is -0.120. The lowest BCUT2D eigenvalue weighted by atomic mass is 9.76. The molecular formula is C26H34N4O3. The molecule has 1 aromatic carbocycles. The number of nitrogens with zero attached hydrogens (tertiary/aromatic N) is 2. The Labute approximate surface area is 194 Å². The van der Waals surface area contributed by atoms with Crippen LogP contribution in [0.5, 0.6) is 0 Å². The molecule has 0 radical (unpaired) electrons. The molecule has 176 valence electrons. The fourth-order valence-electron chi connectivity index (χ4n) is 5.30. The summed E-state index contributed by atoms with van der Waals surface area (Å²) in [4.78, 5) is 18.3. The molecule has 7 heteroatoms. The first kappa shape index (κ1) is 22.2. The van der Waals surface area contributed by atoms with Gasteiger partial charge in [0.15, 0.2) is 0 Å². The van der Waals surface area contributed by atoms with Gasteiger partial charge in [-0.2, -0.15) is 5.10 Å². The minimum absolute atomic E-state index is 0.0367. The first-order valence-electron chi connectivity index (χ1n) is 12.1. The van der Waals surface area contributed by atoms with E-state index in [-0.39, 0.29) is 25.0 Å². The van der Waals surface area contributed by atoms with Crippen LogP contribution >= 0.6 is 0 Å². The highest BCUT2D eigenvalue weighted by molar-refractivity contribution is 5.96. The topological polar surface area (TPSA) is 94.2 Å². The van der Waals surface area contributed by atoms with Gasteiger partial charge in [-0.25, -0.2) is 0 Å². The number of aliphatic hydroxyl groups is 1. The molecule has 0 spiro atoms. The monoisotopic (exact) mass is 450 g/mol. The molecule has 1 aliphatic heterocycles. The third-order valence-electron chi connectivity index (χ3n) is 7.18. The third-order valence-corrected chi connectivity index (χ3v) is 7.18. The van der Waals surface area contributed by atoms with Gasteiger partial charge in [0.1, 0.15) is 5.69 Å². The number of ether oxygens (including phenoxy) is 1. The molecule has 1 atom stereocenters. The van der Waals surface area contributed by atoms with Crippen LogP contribution in [0.15, 0.2) is 24.3 Å². The summed E-state index contributed by atoms with van der Waals surface area (Å²) in [7, 11) is 0. The van der Waals surface area contributed by atoms with Gasteiger partial charge in [-0.05, 0) is 61.6 Å². The largest absolute Gasteiger partial charge is 0.395 e. The van der Waals surface area contributed by atoms with Crippen LogP contribution in [0.1, 0.15) is 50.8 Å². The number of hydrogen-bond donors (Lipinski definition) is 3. The summed E-state index contributed by atoms with van der Waals surface area (Å²) >= 11 is 0. The number of H-pyrrole nitrogens is 2. The van der Waals surface area contributed by atoms with Crippen molar-refractivity contribution in [1.82, 2.24) is 15.2 Å². The van der Waals surface area contributed by atoms with Gasteiger partial charge in [0.25, 0.3) is 0 Å². The first-order valence-corrected chi connectivity index (χ1v) is 12.1. The number of benzene rings is 1. The highest BCUT2D eigenvalue weighted by Crippen LogP contribution is 2.38. The van der Waals surface area contributed by atoms with Crippen LogP contribution < -0.4 is 4.90 Å². The van der Waals surface area contributed by atoms with Gasteiger partial charge in [0, 0.05) is 54.0 Å². The summed E-state index contributed by atoms with van der Waals surface area (Å²) in [6, 6.07) is 8.14. The van der Waals surface area contributed by atoms with E-state index in [0.29, 0.717) is 18.4 Å². The van der Waals surface area contributed by atoms with Crippen molar-refractivity contribution in [3.8, 4) is 11.4 Å². The molecule has 0 saturated carbocycles. The van der Waals surface area contributed by atoms with Gasteiger partial charge >= 0.3 is 0 Å². The van der Waals surface area contributed by atoms with Gasteiger partial charge in [0.05, 0.1) is 12.3 Å². The van der Waals surface area contributed by atoms with E-state index in [0.717, 1.165) is 66.7 Å². The molecule has 2 aromatic heterocycles. The highest BCUT2D eigenvalue weighted by Gasteiger charge is 2.29. The Morgan fingerprint density at radius 3 is 3.00 bits per heavy atom. The maximum atomic E-state index is 13.1. The van der Waals surface area contributed by atoms with Gasteiger partial charge in [-0.15, -0.1) is 0 Å². The van der Waals surface area contributed by atoms with E-state index in [1.165, 1.54) is 11.3 Å². The van der Waals surface area contributed by atoms with Crippen molar-refractivity contribution in [1.29, 1.82) is 0 Å². The Bertz CT molecular complexity index is 1140. The standard InChI is InChI=1S/C26H34N4O3/c1-26(2)8-7-20-23(15-26)28-29-25(20)22-13-18-5-6-19(14-21(18)27-22)30(9-10-31)24(32)12-17-4-3-11-33-16-17/h5-6,13-14,17,27,31H,3-4,7-12,15-16H2,1-2H3,(H,28,29). The fourth-order valence-corrected chi connectivity index (χ4v) is 5.30. The normalized spacial score (nSPS) is 20.0. The average Bonchev–Trinajstić information content (AvgIpc) is 3.40. The van der Waals surface area contributed by atoms with Crippen molar-refractivity contribution < 1.29 is 14.6 Å². The minimum Gasteiger partial charge on any atom is -0.395 e. The van der Waals surface area contributed by atoms with E-state index >= 15 is 0 Å². The van der Waals surface area contributed by atoms with Gasteiger partial charge < -0.3 is 19.7 Å². The smallest absolute Gasteiger partial charge is 0.227 e. The van der Waals surface area contributed by atoms with Crippen LogP contribution in [0.4, 0.5) is 5.69 Å². The summed E-state index contributed by atoms with van der Waals surface area (Å²) in [5, 5.41) is 18.6. The number of anilines is 1. The van der Waals surface area contributed by atoms with E-state index in [1.807, 2.05) is 18.2 Å². The molecule has 5 rings (SSSR count). The second-order valence-corrected chi connectivity index (χ2v) is 10.4. The van der Waals surface area contributed by atoms with Crippen molar-refractivity contribution >= 4 is 22.5 Å². The molecule has 1 aliphatic carbocycles. The highest BCUT2D eigenvalue weighted by atomic mass is 16.5. The molecule has 1 amide bonds. The number of carbonyl (C=O) groups is 1. The lowest BCUT2D eigenvalue weighted by Crippen LogP contribution is -2.36. The molecule has 33 heavy (non-hydrogen) atoms. The number of rotatable bonds is 6. The number of nitrogens with one attached hydrogen (secondary N) is 2. The molecule has 1 saturated heterocycles. The van der Waals surface area contributed by atoms with Crippen molar-refractivity contribution in [2.75, 3.05) is 31.3 Å². The molecule has 7 nitrogen and oxygen atoms in total. The summed E-state index contributed by atoms with van der Waals surface area (Å²) < 4.78 is 5.54. The second-order valence-electron chi connectivity index (χ2n) is 10.4. The van der Waals surface area contributed by atoms with Gasteiger partial charge in [0.2, 0.25) is 5.91 Å². The number of hydrogen-bond acceptors (Lipinski definition) is 4. The van der Waals surface area contributed by atoms with E-state index in [2.05, 4.69) is 35.1 Å². The average molecular weight is 451 g/mol. The number of fused-ring (bicyclic) bond motifs is 2. The Kier molecular flexibility index (Phi) is 6.01. The van der Waals surface area contributed by atoms with Crippen LogP contribution in [0, 0.1) is 11.3 Å². The maximum Gasteiger partial charge on any atom is 0.227 e. The summed E-state index contributed by atoms with van der Waals surface area (Å²) in [6.45, 7) is 6.25. The Balaban J connectivity index is 1.40. The molecular weight excluding hydrogens is 416 g/mol. The van der Waals surface area contributed by atoms with E-state index < -0.39 is 0 Å². The van der Waals surface area contributed by atoms with Gasteiger partial charge in [-0.1, -0.05) is 19.9 Å². The third kappa shape index (κ3) is 4.57. The molecule has 3 heterocycles.